The number of nitrogens with zero attached hydrogens (tertiary/aromatic N) is 1. The first-order chi connectivity index (χ1) is 12.1. The summed E-state index contributed by atoms with van der Waals surface area (Å²) in [7, 11) is 1.64. The summed E-state index contributed by atoms with van der Waals surface area (Å²) in [6.45, 7) is 1.43. The summed E-state index contributed by atoms with van der Waals surface area (Å²) in [4.78, 5) is 25.4. The van der Waals surface area contributed by atoms with Gasteiger partial charge in [-0.2, -0.15) is 0 Å². The fourth-order valence-electron chi connectivity index (χ4n) is 3.24. The van der Waals surface area contributed by atoms with Crippen LogP contribution in [0.15, 0.2) is 48.5 Å². The van der Waals surface area contributed by atoms with Crippen LogP contribution < -0.4 is 4.74 Å². The molecule has 1 heterocycles. The number of benzene rings is 2. The molecule has 1 unspecified atom stereocenters. The first-order valence-electron chi connectivity index (χ1n) is 8.31. The van der Waals surface area contributed by atoms with Crippen molar-refractivity contribution < 1.29 is 19.4 Å². The molecular weight excluding hydrogens is 318 g/mol. The second-order valence-corrected chi connectivity index (χ2v) is 6.28. The van der Waals surface area contributed by atoms with E-state index in [1.54, 1.807) is 25.3 Å². The number of likely N-dealkylation sites (tertiary alicyclic amines) is 1. The molecule has 3 rings (SSSR count). The monoisotopic (exact) mass is 339 g/mol. The molecule has 5 heteroatoms. The van der Waals surface area contributed by atoms with E-state index < -0.39 is 5.97 Å². The highest BCUT2D eigenvalue weighted by atomic mass is 16.5. The summed E-state index contributed by atoms with van der Waals surface area (Å²) in [5, 5.41) is 9.05. The van der Waals surface area contributed by atoms with Crippen LogP contribution in [0, 0.1) is 0 Å². The van der Waals surface area contributed by atoms with E-state index in [0.717, 1.165) is 24.3 Å². The third kappa shape index (κ3) is 3.99. The van der Waals surface area contributed by atoms with Gasteiger partial charge in [-0.25, -0.2) is 4.79 Å². The average Bonchev–Trinajstić information content (AvgIpc) is 3.12. The van der Waals surface area contributed by atoms with E-state index >= 15 is 0 Å². The Morgan fingerprint density at radius 1 is 1.20 bits per heavy atom. The van der Waals surface area contributed by atoms with Crippen LogP contribution in [0.2, 0.25) is 0 Å². The zero-order valence-electron chi connectivity index (χ0n) is 14.1. The maximum Gasteiger partial charge on any atom is 0.335 e. The van der Waals surface area contributed by atoms with Crippen molar-refractivity contribution in [3.8, 4) is 5.75 Å². The van der Waals surface area contributed by atoms with Crippen LogP contribution in [0.25, 0.3) is 0 Å². The van der Waals surface area contributed by atoms with Gasteiger partial charge < -0.3 is 14.7 Å². The lowest BCUT2D eigenvalue weighted by atomic mass is 9.98. The van der Waals surface area contributed by atoms with Gasteiger partial charge in [0.15, 0.2) is 0 Å². The quantitative estimate of drug-likeness (QED) is 0.909. The van der Waals surface area contributed by atoms with E-state index in [1.165, 1.54) is 11.6 Å². The highest BCUT2D eigenvalue weighted by Gasteiger charge is 2.27. The predicted octanol–water partition coefficient (Wildman–Crippen LogP) is 2.95. The molecule has 130 valence electrons. The molecule has 25 heavy (non-hydrogen) atoms. The lowest BCUT2D eigenvalue weighted by molar-refractivity contribution is -0.129. The smallest absolute Gasteiger partial charge is 0.335 e. The van der Waals surface area contributed by atoms with Crippen LogP contribution >= 0.6 is 0 Å². The Kier molecular flexibility index (Phi) is 5.03. The molecule has 0 spiro atoms. The van der Waals surface area contributed by atoms with Crippen molar-refractivity contribution >= 4 is 11.9 Å². The lowest BCUT2D eigenvalue weighted by Crippen LogP contribution is -2.29. The molecule has 1 atom stereocenters. The van der Waals surface area contributed by atoms with Gasteiger partial charge in [0.2, 0.25) is 5.91 Å². The topological polar surface area (TPSA) is 66.8 Å². The van der Waals surface area contributed by atoms with E-state index in [-0.39, 0.29) is 17.9 Å². The van der Waals surface area contributed by atoms with Crippen LogP contribution in [0.3, 0.4) is 0 Å². The Morgan fingerprint density at radius 2 is 1.96 bits per heavy atom. The Morgan fingerprint density at radius 3 is 2.64 bits per heavy atom. The molecule has 1 aliphatic heterocycles. The van der Waals surface area contributed by atoms with Gasteiger partial charge >= 0.3 is 5.97 Å². The predicted molar refractivity (Wildman–Crippen MR) is 94.0 cm³/mol. The van der Waals surface area contributed by atoms with Gasteiger partial charge in [-0.05, 0) is 41.8 Å². The van der Waals surface area contributed by atoms with Gasteiger partial charge in [-0.3, -0.25) is 4.79 Å². The van der Waals surface area contributed by atoms with Crippen molar-refractivity contribution in [2.75, 3.05) is 20.2 Å². The van der Waals surface area contributed by atoms with E-state index in [2.05, 4.69) is 0 Å². The maximum absolute atomic E-state index is 12.5. The number of carboxylic acids is 1. The number of carboxylic acid groups (broad SMARTS) is 1. The van der Waals surface area contributed by atoms with Crippen molar-refractivity contribution in [2.45, 2.75) is 18.8 Å². The number of carbonyl (C=O) groups is 2. The van der Waals surface area contributed by atoms with Gasteiger partial charge in [-0.1, -0.05) is 24.3 Å². The normalized spacial score (nSPS) is 16.7. The SMILES string of the molecule is COc1ccc(C2CCN(C(=O)Cc3cccc(C(=O)O)c3)C2)cc1. The van der Waals surface area contributed by atoms with Crippen molar-refractivity contribution in [3.63, 3.8) is 0 Å². The molecule has 2 aromatic rings. The standard InChI is InChI=1S/C20H21NO4/c1-25-18-7-5-15(6-8-18)17-9-10-21(13-17)19(22)12-14-3-2-4-16(11-14)20(23)24/h2-8,11,17H,9-10,12-13H2,1H3,(H,23,24). The van der Waals surface area contributed by atoms with E-state index in [0.29, 0.717) is 12.5 Å². The number of aromatic carboxylic acids is 1. The molecular formula is C20H21NO4. The van der Waals surface area contributed by atoms with Crippen molar-refractivity contribution in [3.05, 3.63) is 65.2 Å². The van der Waals surface area contributed by atoms with Crippen LogP contribution in [-0.2, 0) is 11.2 Å². The highest BCUT2D eigenvalue weighted by molar-refractivity contribution is 5.88. The third-order valence-corrected chi connectivity index (χ3v) is 4.66. The van der Waals surface area contributed by atoms with Crippen molar-refractivity contribution in [1.82, 2.24) is 4.90 Å². The largest absolute Gasteiger partial charge is 0.497 e. The summed E-state index contributed by atoms with van der Waals surface area (Å²) in [5.41, 5.74) is 2.16. The fraction of sp³-hybridized carbons (Fsp3) is 0.300. The van der Waals surface area contributed by atoms with Crippen molar-refractivity contribution in [2.24, 2.45) is 0 Å². The molecule has 1 fully saturated rings. The Bertz CT molecular complexity index is 770. The lowest BCUT2D eigenvalue weighted by Gasteiger charge is -2.17. The Balaban J connectivity index is 1.62. The number of ether oxygens (including phenoxy) is 1. The fourth-order valence-corrected chi connectivity index (χ4v) is 3.24. The zero-order valence-corrected chi connectivity index (χ0v) is 14.1. The average molecular weight is 339 g/mol. The Hall–Kier alpha value is -2.82. The minimum atomic E-state index is -0.977. The molecule has 0 aliphatic carbocycles. The van der Waals surface area contributed by atoms with Crippen LogP contribution in [0.4, 0.5) is 0 Å². The van der Waals surface area contributed by atoms with E-state index in [1.807, 2.05) is 29.2 Å². The summed E-state index contributed by atoms with van der Waals surface area (Å²) in [5.74, 6) is 0.224. The number of rotatable bonds is 5. The number of hydrogen-bond donors (Lipinski definition) is 1. The minimum Gasteiger partial charge on any atom is -0.497 e. The first-order valence-corrected chi connectivity index (χ1v) is 8.31. The minimum absolute atomic E-state index is 0.0403. The van der Waals surface area contributed by atoms with Gasteiger partial charge in [0.25, 0.3) is 0 Å². The number of methoxy groups -OCH3 is 1. The molecule has 0 radical (unpaired) electrons. The van der Waals surface area contributed by atoms with Gasteiger partial charge in [0, 0.05) is 19.0 Å². The summed E-state index contributed by atoms with van der Waals surface area (Å²) in [6, 6.07) is 14.6. The molecule has 5 nitrogen and oxygen atoms in total. The molecule has 0 aromatic heterocycles. The second-order valence-electron chi connectivity index (χ2n) is 6.28. The first kappa shape index (κ1) is 17.0. The molecule has 1 saturated heterocycles. The molecule has 2 aromatic carbocycles. The molecule has 1 aliphatic rings. The van der Waals surface area contributed by atoms with Crippen LogP contribution in [-0.4, -0.2) is 42.1 Å². The van der Waals surface area contributed by atoms with Gasteiger partial charge in [0.05, 0.1) is 19.1 Å². The van der Waals surface area contributed by atoms with Gasteiger partial charge in [0.1, 0.15) is 5.75 Å². The summed E-state index contributed by atoms with van der Waals surface area (Å²) in [6.07, 6.45) is 1.17. The van der Waals surface area contributed by atoms with Crippen LogP contribution in [0.5, 0.6) is 5.75 Å². The molecule has 0 bridgehead atoms. The number of hydrogen-bond acceptors (Lipinski definition) is 3. The Labute approximate surface area is 146 Å². The third-order valence-electron chi connectivity index (χ3n) is 4.66. The van der Waals surface area contributed by atoms with Crippen molar-refractivity contribution in [1.29, 1.82) is 0 Å². The van der Waals surface area contributed by atoms with Crippen LogP contribution in [0.1, 0.15) is 33.8 Å². The summed E-state index contributed by atoms with van der Waals surface area (Å²) < 4.78 is 5.18. The molecule has 1 amide bonds. The number of carbonyl (C=O) groups excluding carboxylic acids is 1. The number of amides is 1. The van der Waals surface area contributed by atoms with E-state index in [4.69, 9.17) is 9.84 Å². The molecule has 0 saturated carbocycles. The highest BCUT2D eigenvalue weighted by Crippen LogP contribution is 2.28. The second kappa shape index (κ2) is 7.38. The van der Waals surface area contributed by atoms with E-state index in [9.17, 15) is 9.59 Å². The zero-order chi connectivity index (χ0) is 17.8. The maximum atomic E-state index is 12.5. The molecule has 1 N–H and O–H groups in total. The summed E-state index contributed by atoms with van der Waals surface area (Å²) >= 11 is 0. The van der Waals surface area contributed by atoms with Gasteiger partial charge in [-0.15, -0.1) is 0 Å².